The predicted molar refractivity (Wildman–Crippen MR) is 101 cm³/mol. The third kappa shape index (κ3) is 1.93. The van der Waals surface area contributed by atoms with Gasteiger partial charge in [0.05, 0.1) is 0 Å². The van der Waals surface area contributed by atoms with Gasteiger partial charge in [-0.25, -0.2) is 0 Å². The molecule has 2 heteroatoms. The first-order valence-electron chi connectivity index (χ1n) is 8.94. The van der Waals surface area contributed by atoms with Crippen molar-refractivity contribution in [3.8, 4) is 0 Å². The first-order chi connectivity index (χ1) is 12.6. The number of hydrogen-bond donors (Lipinski definition) is 0. The molecule has 0 N–H and O–H groups in total. The van der Waals surface area contributed by atoms with E-state index in [1.807, 2.05) is 12.1 Å². The molecule has 1 unspecified atom stereocenters. The fourth-order valence-corrected chi connectivity index (χ4v) is 4.66. The Morgan fingerprint density at radius 1 is 0.577 bits per heavy atom. The molecule has 126 valence electrons. The van der Waals surface area contributed by atoms with E-state index in [-0.39, 0.29) is 23.4 Å². The zero-order chi connectivity index (χ0) is 18.0. The second kappa shape index (κ2) is 5.25. The second-order valence-corrected chi connectivity index (χ2v) is 7.29. The van der Waals surface area contributed by atoms with E-state index in [1.165, 1.54) is 33.4 Å². The lowest BCUT2D eigenvalue weighted by Gasteiger charge is -2.42. The molecule has 0 heterocycles. The molecule has 0 fully saturated rings. The highest BCUT2D eigenvalue weighted by atomic mass is 16.1. The number of ketones is 2. The van der Waals surface area contributed by atoms with Crippen molar-refractivity contribution >= 4 is 11.6 Å². The first kappa shape index (κ1) is 15.3. The minimum absolute atomic E-state index is 0.0923. The van der Waals surface area contributed by atoms with Crippen LogP contribution in [0.25, 0.3) is 0 Å². The Labute approximate surface area is 152 Å². The van der Waals surface area contributed by atoms with E-state index < -0.39 is 0 Å². The van der Waals surface area contributed by atoms with Crippen LogP contribution in [0.15, 0.2) is 60.7 Å². The highest BCUT2D eigenvalue weighted by Crippen LogP contribution is 2.55. The fourth-order valence-electron chi connectivity index (χ4n) is 4.66. The Morgan fingerprint density at radius 2 is 0.962 bits per heavy atom. The molecule has 3 aliphatic carbocycles. The molecule has 0 amide bonds. The van der Waals surface area contributed by atoms with E-state index in [1.54, 1.807) is 13.8 Å². The largest absolute Gasteiger partial charge is 0.295 e. The van der Waals surface area contributed by atoms with Gasteiger partial charge in [-0.05, 0) is 59.4 Å². The van der Waals surface area contributed by atoms with Crippen LogP contribution < -0.4 is 0 Å². The molecule has 2 atom stereocenters. The normalized spacial score (nSPS) is 18.7. The average Bonchev–Trinajstić information content (AvgIpc) is 2.66. The summed E-state index contributed by atoms with van der Waals surface area (Å²) in [5, 5.41) is 0. The number of Topliss-reactive ketones (excluding diaryl/α,β-unsaturated/α-hetero) is 2. The van der Waals surface area contributed by atoms with Gasteiger partial charge in [0, 0.05) is 23.0 Å². The number of hydrogen-bond acceptors (Lipinski definition) is 2. The van der Waals surface area contributed by atoms with Crippen molar-refractivity contribution in [3.63, 3.8) is 0 Å². The van der Waals surface area contributed by atoms with Crippen LogP contribution in [-0.4, -0.2) is 11.6 Å². The quantitative estimate of drug-likeness (QED) is 0.421. The van der Waals surface area contributed by atoms with Crippen LogP contribution in [0.2, 0.25) is 0 Å². The summed E-state index contributed by atoms with van der Waals surface area (Å²) >= 11 is 0. The molecule has 0 radical (unpaired) electrons. The maximum absolute atomic E-state index is 11.9. The molecule has 0 saturated carbocycles. The summed E-state index contributed by atoms with van der Waals surface area (Å²) in [4.78, 5) is 23.8. The summed E-state index contributed by atoms with van der Waals surface area (Å²) in [6.45, 7) is 3.23. The molecule has 6 rings (SSSR count). The number of rotatable bonds is 2. The van der Waals surface area contributed by atoms with Gasteiger partial charge in [-0.1, -0.05) is 48.5 Å². The molecule has 3 aliphatic rings. The Kier molecular flexibility index (Phi) is 3.08. The Bertz CT molecular complexity index is 1020. The van der Waals surface area contributed by atoms with E-state index in [2.05, 4.69) is 48.5 Å². The third-order valence-electron chi connectivity index (χ3n) is 5.85. The van der Waals surface area contributed by atoms with Crippen molar-refractivity contribution in [1.29, 1.82) is 0 Å². The minimum atomic E-state index is 0.0923. The summed E-state index contributed by atoms with van der Waals surface area (Å²) < 4.78 is 0. The lowest BCUT2D eigenvalue weighted by atomic mass is 9.60. The zero-order valence-corrected chi connectivity index (χ0v) is 14.7. The fraction of sp³-hybridized carbons (Fsp3) is 0.167. The smallest absolute Gasteiger partial charge is 0.159 e. The topological polar surface area (TPSA) is 34.1 Å². The lowest BCUT2D eigenvalue weighted by Crippen LogP contribution is -2.28. The predicted octanol–water partition coefficient (Wildman–Crippen LogP) is 5.08. The van der Waals surface area contributed by atoms with Crippen LogP contribution >= 0.6 is 0 Å². The van der Waals surface area contributed by atoms with E-state index >= 15 is 0 Å². The van der Waals surface area contributed by atoms with Crippen LogP contribution in [0.5, 0.6) is 0 Å². The standard InChI is InChI=1S/C24H18O2/c1-13(25)15-7-9-19-21(11-15)23-17-5-3-4-6-18(17)24(19)22-12-16(14(2)26)8-10-20(22)23/h3-12,23-24H,1-2H3/t23-,24?/m0/s1. The molecule has 0 spiro atoms. The summed E-state index contributed by atoms with van der Waals surface area (Å²) in [5.41, 5.74) is 9.11. The monoisotopic (exact) mass is 338 g/mol. The maximum atomic E-state index is 11.9. The van der Waals surface area contributed by atoms with Crippen molar-refractivity contribution in [2.75, 3.05) is 0 Å². The summed E-state index contributed by atoms with van der Waals surface area (Å²) in [6, 6.07) is 20.7. The van der Waals surface area contributed by atoms with Gasteiger partial charge in [-0.2, -0.15) is 0 Å². The molecule has 2 bridgehead atoms. The first-order valence-corrected chi connectivity index (χ1v) is 8.94. The van der Waals surface area contributed by atoms with Crippen molar-refractivity contribution in [3.05, 3.63) is 105 Å². The highest BCUT2D eigenvalue weighted by Gasteiger charge is 2.41. The third-order valence-corrected chi connectivity index (χ3v) is 5.85. The van der Waals surface area contributed by atoms with Crippen molar-refractivity contribution in [2.24, 2.45) is 0 Å². The number of carbonyl (C=O) groups excluding carboxylic acids is 2. The summed E-state index contributed by atoms with van der Waals surface area (Å²) in [7, 11) is 0. The average molecular weight is 338 g/mol. The molecular weight excluding hydrogens is 320 g/mol. The Hall–Kier alpha value is -3.00. The highest BCUT2D eigenvalue weighted by molar-refractivity contribution is 5.95. The second-order valence-electron chi connectivity index (χ2n) is 7.29. The van der Waals surface area contributed by atoms with Crippen LogP contribution in [0.1, 0.15) is 79.8 Å². The van der Waals surface area contributed by atoms with Gasteiger partial charge in [0.2, 0.25) is 0 Å². The maximum Gasteiger partial charge on any atom is 0.159 e. The number of carbonyl (C=O) groups is 2. The van der Waals surface area contributed by atoms with Crippen molar-refractivity contribution in [2.45, 2.75) is 25.7 Å². The van der Waals surface area contributed by atoms with Crippen LogP contribution in [0, 0.1) is 0 Å². The van der Waals surface area contributed by atoms with Gasteiger partial charge in [0.1, 0.15) is 0 Å². The number of benzene rings is 3. The van der Waals surface area contributed by atoms with Crippen LogP contribution in [-0.2, 0) is 0 Å². The molecule has 3 aromatic rings. The van der Waals surface area contributed by atoms with Gasteiger partial charge in [-0.15, -0.1) is 0 Å². The molecule has 2 nitrogen and oxygen atoms in total. The van der Waals surface area contributed by atoms with Gasteiger partial charge in [-0.3, -0.25) is 9.59 Å². The van der Waals surface area contributed by atoms with Gasteiger partial charge >= 0.3 is 0 Å². The Balaban J connectivity index is 1.83. The van der Waals surface area contributed by atoms with Crippen LogP contribution in [0.3, 0.4) is 0 Å². The van der Waals surface area contributed by atoms with E-state index in [9.17, 15) is 9.59 Å². The van der Waals surface area contributed by atoms with Crippen molar-refractivity contribution in [1.82, 2.24) is 0 Å². The van der Waals surface area contributed by atoms with E-state index in [4.69, 9.17) is 0 Å². The summed E-state index contributed by atoms with van der Waals surface area (Å²) in [5.74, 6) is 0.437. The van der Waals surface area contributed by atoms with Crippen molar-refractivity contribution < 1.29 is 9.59 Å². The zero-order valence-electron chi connectivity index (χ0n) is 14.7. The molecule has 0 saturated heterocycles. The van der Waals surface area contributed by atoms with Crippen LogP contribution in [0.4, 0.5) is 0 Å². The van der Waals surface area contributed by atoms with E-state index in [0.29, 0.717) is 0 Å². The molecule has 0 aliphatic heterocycles. The molecule has 3 aromatic carbocycles. The molecule has 0 aromatic heterocycles. The SMILES string of the molecule is CC(=O)c1ccc2c(c1)C1c3ccccc3[C@@H]2c2cc(C(C)=O)ccc21. The van der Waals surface area contributed by atoms with E-state index in [0.717, 1.165) is 11.1 Å². The molecule has 26 heavy (non-hydrogen) atoms. The van der Waals surface area contributed by atoms with Gasteiger partial charge in [0.15, 0.2) is 11.6 Å². The van der Waals surface area contributed by atoms with Gasteiger partial charge in [0.25, 0.3) is 0 Å². The van der Waals surface area contributed by atoms with Gasteiger partial charge < -0.3 is 0 Å². The summed E-state index contributed by atoms with van der Waals surface area (Å²) in [6.07, 6.45) is 0. The molecular formula is C24H18O2. The minimum Gasteiger partial charge on any atom is -0.295 e. The lowest BCUT2D eigenvalue weighted by molar-refractivity contribution is 0.100. The Morgan fingerprint density at radius 3 is 1.35 bits per heavy atom.